The molecule has 0 fully saturated rings. The van der Waals surface area contributed by atoms with Gasteiger partial charge in [0.1, 0.15) is 5.69 Å². The maximum Gasteiger partial charge on any atom is 0.169 e. The number of fused-ring (bicyclic) bond motifs is 2. The Morgan fingerprint density at radius 2 is 1.68 bits per heavy atom. The van der Waals surface area contributed by atoms with Crippen LogP contribution in [-0.2, 0) is 6.42 Å². The second-order valence-electron chi connectivity index (χ2n) is 7.14. The minimum atomic E-state index is 0.0991. The second-order valence-corrected chi connectivity index (χ2v) is 7.14. The van der Waals surface area contributed by atoms with Crippen LogP contribution in [0.1, 0.15) is 5.56 Å². The first kappa shape index (κ1) is 15.8. The molecule has 5 heteroatoms. The summed E-state index contributed by atoms with van der Waals surface area (Å²) < 4.78 is 11.6. The smallest absolute Gasteiger partial charge is 0.169 e. The highest BCUT2D eigenvalue weighted by molar-refractivity contribution is 6.18. The SMILES string of the molecule is COc1cc2c(cc1O)cc1c3c(cc(O)c(OC)c32)CC[N+]1(C)C. The molecule has 130 valence electrons. The molecule has 0 saturated heterocycles. The molecule has 1 aliphatic rings. The molecule has 2 N–H and O–H groups in total. The monoisotopic (exact) mass is 340 g/mol. The van der Waals surface area contributed by atoms with Gasteiger partial charge in [0.05, 0.1) is 40.2 Å². The molecule has 3 aromatic carbocycles. The first-order valence-electron chi connectivity index (χ1n) is 8.27. The lowest BCUT2D eigenvalue weighted by molar-refractivity contribution is 0.373. The maximum atomic E-state index is 10.5. The number of nitrogens with zero attached hydrogens (tertiary/aromatic N) is 1. The van der Waals surface area contributed by atoms with Gasteiger partial charge in [-0.3, -0.25) is 4.48 Å². The molecular formula is C20H22NO4+. The fraction of sp³-hybridized carbons (Fsp3) is 0.300. The van der Waals surface area contributed by atoms with Crippen molar-refractivity contribution in [2.45, 2.75) is 6.42 Å². The van der Waals surface area contributed by atoms with E-state index in [1.54, 1.807) is 13.2 Å². The molecule has 25 heavy (non-hydrogen) atoms. The number of rotatable bonds is 2. The number of phenols is 2. The number of benzene rings is 3. The van der Waals surface area contributed by atoms with Crippen LogP contribution in [0.3, 0.4) is 0 Å². The molecule has 0 radical (unpaired) electrons. The zero-order valence-electron chi connectivity index (χ0n) is 14.9. The predicted octanol–water partition coefficient (Wildman–Crippen LogP) is 3.54. The molecule has 1 aliphatic heterocycles. The number of quaternary nitrogens is 1. The Morgan fingerprint density at radius 3 is 2.36 bits per heavy atom. The minimum Gasteiger partial charge on any atom is -0.504 e. The average Bonchev–Trinajstić information content (AvgIpc) is 2.57. The van der Waals surface area contributed by atoms with Crippen LogP contribution in [0.5, 0.6) is 23.0 Å². The highest BCUT2D eigenvalue weighted by atomic mass is 16.5. The van der Waals surface area contributed by atoms with E-state index in [9.17, 15) is 10.2 Å². The fourth-order valence-electron chi connectivity index (χ4n) is 3.96. The van der Waals surface area contributed by atoms with E-state index in [4.69, 9.17) is 9.47 Å². The molecule has 0 saturated carbocycles. The number of aromatic hydroxyl groups is 2. The van der Waals surface area contributed by atoms with Gasteiger partial charge in [-0.25, -0.2) is 0 Å². The Balaban J connectivity index is 2.30. The molecule has 0 unspecified atom stereocenters. The molecular weight excluding hydrogens is 318 g/mol. The lowest BCUT2D eigenvalue weighted by atomic mass is 9.90. The largest absolute Gasteiger partial charge is 0.504 e. The van der Waals surface area contributed by atoms with Crippen molar-refractivity contribution < 1.29 is 19.7 Å². The number of likely N-dealkylation sites (N-methyl/N-ethyl adjacent to an activating group) is 1. The van der Waals surface area contributed by atoms with Crippen molar-refractivity contribution >= 4 is 27.2 Å². The molecule has 0 spiro atoms. The van der Waals surface area contributed by atoms with Gasteiger partial charge in [0, 0.05) is 17.9 Å². The summed E-state index contributed by atoms with van der Waals surface area (Å²) in [4.78, 5) is 0. The third kappa shape index (κ3) is 2.12. The summed E-state index contributed by atoms with van der Waals surface area (Å²) in [6, 6.07) is 7.45. The highest BCUT2D eigenvalue weighted by Gasteiger charge is 2.32. The molecule has 4 rings (SSSR count). The Kier molecular flexibility index (Phi) is 3.27. The Labute approximate surface area is 146 Å². The predicted molar refractivity (Wildman–Crippen MR) is 100 cm³/mol. The fourth-order valence-corrected chi connectivity index (χ4v) is 3.96. The third-order valence-electron chi connectivity index (χ3n) is 5.31. The number of phenolic OH excluding ortho intramolecular Hbond substituents is 2. The summed E-state index contributed by atoms with van der Waals surface area (Å²) in [7, 11) is 7.44. The molecule has 0 atom stereocenters. The summed E-state index contributed by atoms with van der Waals surface area (Å²) in [6.07, 6.45) is 0.884. The summed E-state index contributed by atoms with van der Waals surface area (Å²) in [6.45, 7) is 0.946. The van der Waals surface area contributed by atoms with Gasteiger partial charge < -0.3 is 19.7 Å². The zero-order valence-corrected chi connectivity index (χ0v) is 14.9. The van der Waals surface area contributed by atoms with E-state index in [0.717, 1.165) is 50.2 Å². The van der Waals surface area contributed by atoms with Gasteiger partial charge >= 0.3 is 0 Å². The van der Waals surface area contributed by atoms with Gasteiger partial charge in [-0.15, -0.1) is 0 Å². The molecule has 5 nitrogen and oxygen atoms in total. The molecule has 0 bridgehead atoms. The van der Waals surface area contributed by atoms with Crippen LogP contribution in [0.2, 0.25) is 0 Å². The third-order valence-corrected chi connectivity index (χ3v) is 5.31. The number of methoxy groups -OCH3 is 2. The van der Waals surface area contributed by atoms with Gasteiger partial charge in [-0.05, 0) is 34.5 Å². The van der Waals surface area contributed by atoms with Crippen molar-refractivity contribution in [3.05, 3.63) is 29.8 Å². The zero-order chi connectivity index (χ0) is 17.9. The van der Waals surface area contributed by atoms with Crippen LogP contribution < -0.4 is 14.0 Å². The van der Waals surface area contributed by atoms with E-state index in [2.05, 4.69) is 20.2 Å². The van der Waals surface area contributed by atoms with E-state index in [-0.39, 0.29) is 11.5 Å². The van der Waals surface area contributed by atoms with Crippen LogP contribution in [0, 0.1) is 0 Å². The lowest BCUT2D eigenvalue weighted by Gasteiger charge is -2.35. The number of ether oxygens (including phenoxy) is 2. The Bertz CT molecular complexity index is 1020. The maximum absolute atomic E-state index is 10.5. The van der Waals surface area contributed by atoms with Crippen molar-refractivity contribution in [1.29, 1.82) is 0 Å². The van der Waals surface area contributed by atoms with Crippen LogP contribution in [-0.4, -0.2) is 45.1 Å². The quantitative estimate of drug-likeness (QED) is 0.553. The minimum absolute atomic E-state index is 0.0991. The summed E-state index contributed by atoms with van der Waals surface area (Å²) in [5.41, 5.74) is 2.28. The average molecular weight is 340 g/mol. The molecule has 3 aromatic rings. The van der Waals surface area contributed by atoms with E-state index < -0.39 is 0 Å². The highest BCUT2D eigenvalue weighted by Crippen LogP contribution is 2.49. The van der Waals surface area contributed by atoms with Gasteiger partial charge in [0.15, 0.2) is 23.0 Å². The number of hydrogen-bond acceptors (Lipinski definition) is 4. The normalized spacial score (nSPS) is 15.5. The molecule has 0 aromatic heterocycles. The first-order valence-corrected chi connectivity index (χ1v) is 8.27. The number of hydrogen-bond donors (Lipinski definition) is 2. The Morgan fingerprint density at radius 1 is 0.920 bits per heavy atom. The van der Waals surface area contributed by atoms with E-state index in [0.29, 0.717) is 11.5 Å². The van der Waals surface area contributed by atoms with Crippen LogP contribution >= 0.6 is 0 Å². The van der Waals surface area contributed by atoms with Crippen LogP contribution in [0.25, 0.3) is 21.5 Å². The van der Waals surface area contributed by atoms with Crippen molar-refractivity contribution in [3.8, 4) is 23.0 Å². The summed E-state index contributed by atoms with van der Waals surface area (Å²) in [5.74, 6) is 1.10. The summed E-state index contributed by atoms with van der Waals surface area (Å²) >= 11 is 0. The van der Waals surface area contributed by atoms with Crippen LogP contribution in [0.4, 0.5) is 5.69 Å². The topological polar surface area (TPSA) is 58.9 Å². The lowest BCUT2D eigenvalue weighted by Crippen LogP contribution is -2.44. The van der Waals surface area contributed by atoms with Gasteiger partial charge in [-0.2, -0.15) is 0 Å². The van der Waals surface area contributed by atoms with E-state index >= 15 is 0 Å². The van der Waals surface area contributed by atoms with Crippen molar-refractivity contribution in [2.75, 3.05) is 34.9 Å². The Hall–Kier alpha value is -2.66. The second kappa shape index (κ2) is 5.17. The van der Waals surface area contributed by atoms with Crippen molar-refractivity contribution in [3.63, 3.8) is 0 Å². The van der Waals surface area contributed by atoms with E-state index in [1.165, 1.54) is 7.11 Å². The van der Waals surface area contributed by atoms with Crippen molar-refractivity contribution in [2.24, 2.45) is 0 Å². The van der Waals surface area contributed by atoms with E-state index in [1.807, 2.05) is 12.1 Å². The summed E-state index contributed by atoms with van der Waals surface area (Å²) in [5, 5.41) is 24.5. The molecule has 0 amide bonds. The standard InChI is InChI=1S/C20H21NO4/c1-21(2)6-5-11-8-16(23)20(25-4)19-13-10-17(24-3)15(22)9-12(13)7-14(21)18(11)19/h7-10H,5-6H2,1-4H3,(H-,22,23)/p+1. The van der Waals surface area contributed by atoms with Crippen LogP contribution in [0.15, 0.2) is 24.3 Å². The van der Waals surface area contributed by atoms with Gasteiger partial charge in [-0.1, -0.05) is 0 Å². The van der Waals surface area contributed by atoms with Crippen molar-refractivity contribution in [1.82, 2.24) is 4.48 Å². The molecule has 0 aliphatic carbocycles. The molecule has 1 heterocycles. The van der Waals surface area contributed by atoms with Gasteiger partial charge in [0.25, 0.3) is 0 Å². The van der Waals surface area contributed by atoms with Gasteiger partial charge in [0.2, 0.25) is 0 Å². The first-order chi connectivity index (χ1) is 11.9.